The standard InChI is InChI=1S/C18H20N2O2/c1-12(2)11-20-16(21)18(3,19-17(20)22)15-9-8-13-6-4-5-7-14(13)10-15/h4-10,12H,11H2,1-3H3,(H,19,22)/t18-/m1/s1. The molecule has 22 heavy (non-hydrogen) atoms. The highest BCUT2D eigenvalue weighted by Crippen LogP contribution is 2.31. The fraction of sp³-hybridized carbons (Fsp3) is 0.333. The van der Waals surface area contributed by atoms with Crippen molar-refractivity contribution in [3.63, 3.8) is 0 Å². The molecule has 1 aliphatic rings. The monoisotopic (exact) mass is 296 g/mol. The van der Waals surface area contributed by atoms with Gasteiger partial charge in [-0.1, -0.05) is 50.2 Å². The molecule has 0 saturated carbocycles. The normalized spacial score (nSPS) is 21.7. The van der Waals surface area contributed by atoms with Gasteiger partial charge in [0, 0.05) is 6.54 Å². The summed E-state index contributed by atoms with van der Waals surface area (Å²) >= 11 is 0. The van der Waals surface area contributed by atoms with E-state index in [0.29, 0.717) is 6.54 Å². The van der Waals surface area contributed by atoms with Crippen molar-refractivity contribution in [3.8, 4) is 0 Å². The average Bonchev–Trinajstić information content (AvgIpc) is 2.71. The maximum atomic E-state index is 12.8. The van der Waals surface area contributed by atoms with Crippen LogP contribution in [0.25, 0.3) is 10.8 Å². The van der Waals surface area contributed by atoms with Crippen molar-refractivity contribution in [2.24, 2.45) is 5.92 Å². The van der Waals surface area contributed by atoms with Gasteiger partial charge in [-0.05, 0) is 35.2 Å². The Morgan fingerprint density at radius 2 is 1.77 bits per heavy atom. The molecular formula is C18H20N2O2. The fourth-order valence-electron chi connectivity index (χ4n) is 2.92. The highest BCUT2D eigenvalue weighted by atomic mass is 16.2. The topological polar surface area (TPSA) is 49.4 Å². The highest BCUT2D eigenvalue weighted by molar-refractivity contribution is 6.07. The first-order chi connectivity index (χ1) is 10.4. The molecule has 1 saturated heterocycles. The van der Waals surface area contributed by atoms with Crippen LogP contribution in [0.4, 0.5) is 4.79 Å². The predicted molar refractivity (Wildman–Crippen MR) is 86.4 cm³/mol. The van der Waals surface area contributed by atoms with E-state index < -0.39 is 5.54 Å². The molecule has 2 aromatic carbocycles. The van der Waals surface area contributed by atoms with Gasteiger partial charge in [0.1, 0.15) is 5.54 Å². The summed E-state index contributed by atoms with van der Waals surface area (Å²) in [5.41, 5.74) is -0.175. The third kappa shape index (κ3) is 2.25. The molecule has 0 spiro atoms. The van der Waals surface area contributed by atoms with Crippen LogP contribution in [0.15, 0.2) is 42.5 Å². The predicted octanol–water partition coefficient (Wildman–Crippen LogP) is 3.26. The molecule has 0 bridgehead atoms. The number of benzene rings is 2. The molecule has 0 aromatic heterocycles. The van der Waals surface area contributed by atoms with Gasteiger partial charge in [-0.2, -0.15) is 0 Å². The summed E-state index contributed by atoms with van der Waals surface area (Å²) in [5, 5.41) is 5.03. The van der Waals surface area contributed by atoms with Gasteiger partial charge < -0.3 is 5.32 Å². The summed E-state index contributed by atoms with van der Waals surface area (Å²) in [5.74, 6) is 0.0649. The number of rotatable bonds is 3. The van der Waals surface area contributed by atoms with Crippen LogP contribution in [0.1, 0.15) is 26.3 Å². The molecule has 0 aliphatic carbocycles. The lowest BCUT2D eigenvalue weighted by molar-refractivity contribution is -0.131. The van der Waals surface area contributed by atoms with Gasteiger partial charge in [-0.15, -0.1) is 0 Å². The van der Waals surface area contributed by atoms with E-state index in [1.807, 2.05) is 56.3 Å². The SMILES string of the molecule is CC(C)CN1C(=O)N[C@](C)(c2ccc3ccccc3c2)C1=O. The number of amides is 3. The fourth-order valence-corrected chi connectivity index (χ4v) is 2.92. The first kappa shape index (κ1) is 14.6. The largest absolute Gasteiger partial charge is 0.325 e. The minimum atomic E-state index is -0.990. The number of nitrogens with one attached hydrogen (secondary N) is 1. The van der Waals surface area contributed by atoms with Crippen molar-refractivity contribution >= 4 is 22.7 Å². The first-order valence-electron chi connectivity index (χ1n) is 7.55. The van der Waals surface area contributed by atoms with Gasteiger partial charge in [-0.3, -0.25) is 9.69 Å². The first-order valence-corrected chi connectivity index (χ1v) is 7.55. The van der Waals surface area contributed by atoms with E-state index >= 15 is 0 Å². The lowest BCUT2D eigenvalue weighted by Crippen LogP contribution is -2.41. The summed E-state index contributed by atoms with van der Waals surface area (Å²) in [6.07, 6.45) is 0. The number of carbonyl (C=O) groups excluding carboxylic acids is 2. The maximum Gasteiger partial charge on any atom is 0.325 e. The van der Waals surface area contributed by atoms with E-state index in [4.69, 9.17) is 0 Å². The Balaban J connectivity index is 2.01. The van der Waals surface area contributed by atoms with Crippen LogP contribution < -0.4 is 5.32 Å². The summed E-state index contributed by atoms with van der Waals surface area (Å²) in [4.78, 5) is 26.2. The molecule has 4 heteroatoms. The second kappa shape index (κ2) is 5.13. The average molecular weight is 296 g/mol. The number of urea groups is 1. The molecule has 3 amide bonds. The van der Waals surface area contributed by atoms with E-state index in [1.54, 1.807) is 6.92 Å². The van der Waals surface area contributed by atoms with Gasteiger partial charge in [0.25, 0.3) is 5.91 Å². The van der Waals surface area contributed by atoms with Crippen LogP contribution in [0, 0.1) is 5.92 Å². The van der Waals surface area contributed by atoms with Crippen molar-refractivity contribution in [3.05, 3.63) is 48.0 Å². The number of imide groups is 1. The molecule has 2 aromatic rings. The van der Waals surface area contributed by atoms with Crippen LogP contribution in [0.3, 0.4) is 0 Å². The third-order valence-electron chi connectivity index (χ3n) is 4.15. The minimum absolute atomic E-state index is 0.179. The Labute approximate surface area is 130 Å². The number of fused-ring (bicyclic) bond motifs is 1. The highest BCUT2D eigenvalue weighted by Gasteiger charge is 2.48. The Hall–Kier alpha value is -2.36. The van der Waals surface area contributed by atoms with Crippen LogP contribution in [0.2, 0.25) is 0 Å². The zero-order valence-corrected chi connectivity index (χ0v) is 13.1. The summed E-state index contributed by atoms with van der Waals surface area (Å²) in [7, 11) is 0. The van der Waals surface area contributed by atoms with E-state index in [0.717, 1.165) is 16.3 Å². The van der Waals surface area contributed by atoms with Crippen LogP contribution in [-0.2, 0) is 10.3 Å². The quantitative estimate of drug-likeness (QED) is 0.884. The van der Waals surface area contributed by atoms with Crippen LogP contribution in [0.5, 0.6) is 0 Å². The zero-order valence-electron chi connectivity index (χ0n) is 13.1. The van der Waals surface area contributed by atoms with Crippen molar-refractivity contribution in [1.29, 1.82) is 0 Å². The number of hydrogen-bond donors (Lipinski definition) is 1. The summed E-state index contributed by atoms with van der Waals surface area (Å²) in [6, 6.07) is 13.6. The lowest BCUT2D eigenvalue weighted by Gasteiger charge is -2.23. The maximum absolute atomic E-state index is 12.8. The number of nitrogens with zero attached hydrogens (tertiary/aromatic N) is 1. The van der Waals surface area contributed by atoms with Gasteiger partial charge >= 0.3 is 6.03 Å². The Morgan fingerprint density at radius 3 is 2.45 bits per heavy atom. The zero-order chi connectivity index (χ0) is 15.9. The molecule has 1 fully saturated rings. The van der Waals surface area contributed by atoms with Crippen LogP contribution >= 0.6 is 0 Å². The van der Waals surface area contributed by atoms with Gasteiger partial charge in [-0.25, -0.2) is 4.79 Å². The molecule has 0 unspecified atom stereocenters. The molecule has 1 heterocycles. The van der Waals surface area contributed by atoms with Gasteiger partial charge in [0.15, 0.2) is 0 Å². The molecule has 1 aliphatic heterocycles. The van der Waals surface area contributed by atoms with Crippen molar-refractivity contribution in [2.75, 3.05) is 6.54 Å². The molecule has 1 N–H and O–H groups in total. The smallest absolute Gasteiger partial charge is 0.319 e. The Bertz CT molecular complexity index is 754. The van der Waals surface area contributed by atoms with Gasteiger partial charge in [0.05, 0.1) is 0 Å². The molecule has 0 radical (unpaired) electrons. The van der Waals surface area contributed by atoms with E-state index in [9.17, 15) is 9.59 Å². The second-order valence-corrected chi connectivity index (χ2v) is 6.43. The minimum Gasteiger partial charge on any atom is -0.319 e. The Morgan fingerprint density at radius 1 is 1.09 bits per heavy atom. The van der Waals surface area contributed by atoms with Crippen molar-refractivity contribution in [1.82, 2.24) is 10.2 Å². The molecule has 3 rings (SSSR count). The molecular weight excluding hydrogens is 276 g/mol. The number of carbonyl (C=O) groups is 2. The summed E-state index contributed by atoms with van der Waals surface area (Å²) in [6.45, 7) is 6.20. The number of hydrogen-bond acceptors (Lipinski definition) is 2. The van der Waals surface area contributed by atoms with E-state index in [-0.39, 0.29) is 17.9 Å². The summed E-state index contributed by atoms with van der Waals surface area (Å²) < 4.78 is 0. The van der Waals surface area contributed by atoms with Gasteiger partial charge in [0.2, 0.25) is 0 Å². The molecule has 4 nitrogen and oxygen atoms in total. The molecule has 1 atom stereocenters. The van der Waals surface area contributed by atoms with Crippen LogP contribution in [-0.4, -0.2) is 23.4 Å². The van der Waals surface area contributed by atoms with E-state index in [1.165, 1.54) is 4.90 Å². The Kier molecular flexibility index (Phi) is 3.39. The van der Waals surface area contributed by atoms with E-state index in [2.05, 4.69) is 5.32 Å². The second-order valence-electron chi connectivity index (χ2n) is 6.43. The van der Waals surface area contributed by atoms with Crippen molar-refractivity contribution in [2.45, 2.75) is 26.3 Å². The lowest BCUT2D eigenvalue weighted by atomic mass is 9.90. The third-order valence-corrected chi connectivity index (χ3v) is 4.15. The van der Waals surface area contributed by atoms with Crippen molar-refractivity contribution < 1.29 is 9.59 Å². The molecule has 114 valence electrons.